The number of carbonyl (C=O) groups is 1. The Balaban J connectivity index is 2.15. The molecule has 0 bridgehead atoms. The fourth-order valence-electron chi connectivity index (χ4n) is 9.74. The van der Waals surface area contributed by atoms with Crippen molar-refractivity contribution in [2.75, 3.05) is 46.1 Å². The maximum Gasteiger partial charge on any atom is 0.306 e. The molecule has 0 spiro atoms. The summed E-state index contributed by atoms with van der Waals surface area (Å²) in [4.78, 5) is 15.4. The van der Waals surface area contributed by atoms with Crippen LogP contribution in [-0.2, 0) is 19.0 Å². The fraction of sp³-hybridized carbons (Fsp3) is 0.947. The Morgan fingerprint density at radius 1 is 0.508 bits per heavy atom. The molecule has 1 saturated carbocycles. The van der Waals surface area contributed by atoms with Gasteiger partial charge < -0.3 is 24.2 Å². The van der Waals surface area contributed by atoms with Crippen molar-refractivity contribution in [3.63, 3.8) is 0 Å². The Labute approximate surface area is 394 Å². The average Bonchev–Trinajstić information content (AvgIpc) is 3.27. The zero-order valence-corrected chi connectivity index (χ0v) is 42.9. The number of ether oxygens (including phenoxy) is 3. The third-order valence-electron chi connectivity index (χ3n) is 14.1. The first-order chi connectivity index (χ1) is 31.0. The molecular weight excluding hydrogens is 779 g/mol. The molecule has 1 aliphatic carbocycles. The van der Waals surface area contributed by atoms with Crippen molar-refractivity contribution < 1.29 is 24.1 Å². The van der Waals surface area contributed by atoms with Gasteiger partial charge in [-0.1, -0.05) is 201 Å². The van der Waals surface area contributed by atoms with Crippen LogP contribution in [-0.4, -0.2) is 68.1 Å². The van der Waals surface area contributed by atoms with E-state index in [1.165, 1.54) is 193 Å². The standard InChI is InChI=1S/C57H111NO5/c1-5-8-10-12-14-18-28-36-52-62-53(4)38-37-47-58(48-49-59)46-34-26-20-25-33-43-57(60)63-56(41-31-23-13-11-9-6-2)42-32-24-19-22-30-40-55-45-44-54(55)39-29-21-16-15-17-27-35-51-61-50-7-3/h54-56,59H,4-52H2,1-3H3. The molecule has 1 aliphatic rings. The molecule has 6 heteroatoms. The van der Waals surface area contributed by atoms with Crippen molar-refractivity contribution in [2.45, 2.75) is 290 Å². The number of nitrogens with zero attached hydrogens (tertiary/aromatic N) is 1. The molecule has 3 atom stereocenters. The van der Waals surface area contributed by atoms with Gasteiger partial charge in [0, 0.05) is 32.6 Å². The molecule has 63 heavy (non-hydrogen) atoms. The van der Waals surface area contributed by atoms with Gasteiger partial charge in [-0.2, -0.15) is 0 Å². The van der Waals surface area contributed by atoms with Gasteiger partial charge in [0.05, 0.1) is 19.0 Å². The predicted octanol–water partition coefficient (Wildman–Crippen LogP) is 17.0. The van der Waals surface area contributed by atoms with E-state index in [0.717, 1.165) is 121 Å². The normalized spacial score (nSPS) is 15.5. The second-order valence-corrected chi connectivity index (χ2v) is 20.0. The lowest BCUT2D eigenvalue weighted by Crippen LogP contribution is -2.29. The first-order valence-electron chi connectivity index (χ1n) is 28.4. The summed E-state index contributed by atoms with van der Waals surface area (Å²) in [5, 5.41) is 9.63. The zero-order valence-electron chi connectivity index (χ0n) is 42.9. The van der Waals surface area contributed by atoms with E-state index < -0.39 is 0 Å². The predicted molar refractivity (Wildman–Crippen MR) is 273 cm³/mol. The van der Waals surface area contributed by atoms with Gasteiger partial charge in [-0.3, -0.25) is 4.79 Å². The van der Waals surface area contributed by atoms with Crippen molar-refractivity contribution in [2.24, 2.45) is 11.8 Å². The largest absolute Gasteiger partial charge is 0.499 e. The molecule has 0 aromatic heterocycles. The SMILES string of the molecule is C=C(CCCN(CCO)CCCCCCCC(=O)OC(CCCCCCCC)CCCCCCCC1CCC1CCCCCCCCCOCCC)OCCCCCCCCCC. The lowest BCUT2D eigenvalue weighted by Gasteiger charge is -2.37. The molecule has 6 nitrogen and oxygen atoms in total. The first-order valence-corrected chi connectivity index (χ1v) is 28.4. The molecule has 0 aliphatic heterocycles. The average molecular weight is 891 g/mol. The van der Waals surface area contributed by atoms with Crippen molar-refractivity contribution in [3.05, 3.63) is 12.3 Å². The van der Waals surface area contributed by atoms with Crippen LogP contribution < -0.4 is 0 Å². The molecule has 1 N–H and O–H groups in total. The van der Waals surface area contributed by atoms with E-state index in [9.17, 15) is 9.90 Å². The van der Waals surface area contributed by atoms with Crippen LogP contribution in [0.2, 0.25) is 0 Å². The number of unbranched alkanes of at least 4 members (excludes halogenated alkanes) is 26. The molecule has 0 heterocycles. The highest BCUT2D eigenvalue weighted by Crippen LogP contribution is 2.41. The molecule has 1 rings (SSSR count). The minimum Gasteiger partial charge on any atom is -0.499 e. The van der Waals surface area contributed by atoms with Crippen LogP contribution in [0.3, 0.4) is 0 Å². The Morgan fingerprint density at radius 3 is 1.49 bits per heavy atom. The minimum atomic E-state index is 0.0298. The lowest BCUT2D eigenvalue weighted by molar-refractivity contribution is -0.150. The molecule has 0 aromatic carbocycles. The summed E-state index contributed by atoms with van der Waals surface area (Å²) >= 11 is 0. The number of rotatable bonds is 52. The van der Waals surface area contributed by atoms with Gasteiger partial charge in [0.15, 0.2) is 0 Å². The molecule has 374 valence electrons. The fourth-order valence-corrected chi connectivity index (χ4v) is 9.74. The Morgan fingerprint density at radius 2 is 0.968 bits per heavy atom. The summed E-state index contributed by atoms with van der Waals surface area (Å²) in [5.41, 5.74) is 0. The molecule has 1 fully saturated rings. The zero-order chi connectivity index (χ0) is 45.5. The number of hydrogen-bond acceptors (Lipinski definition) is 6. The van der Waals surface area contributed by atoms with Crippen LogP contribution >= 0.6 is 0 Å². The quantitative estimate of drug-likeness (QED) is 0.0373. The van der Waals surface area contributed by atoms with Crippen molar-refractivity contribution in [3.8, 4) is 0 Å². The number of esters is 1. The molecule has 0 amide bonds. The monoisotopic (exact) mass is 890 g/mol. The topological polar surface area (TPSA) is 68.2 Å². The van der Waals surface area contributed by atoms with Gasteiger partial charge in [0.25, 0.3) is 0 Å². The van der Waals surface area contributed by atoms with Gasteiger partial charge >= 0.3 is 5.97 Å². The van der Waals surface area contributed by atoms with Crippen LogP contribution in [0, 0.1) is 11.8 Å². The van der Waals surface area contributed by atoms with Crippen LogP contribution in [0.25, 0.3) is 0 Å². The highest BCUT2D eigenvalue weighted by atomic mass is 16.5. The molecule has 3 unspecified atom stereocenters. The maximum absolute atomic E-state index is 13.0. The summed E-state index contributed by atoms with van der Waals surface area (Å²) in [7, 11) is 0. The smallest absolute Gasteiger partial charge is 0.306 e. The number of aliphatic hydroxyl groups is 1. The summed E-state index contributed by atoms with van der Waals surface area (Å²) in [5.74, 6) is 2.97. The number of carbonyl (C=O) groups excluding carboxylic acids is 1. The highest BCUT2D eigenvalue weighted by molar-refractivity contribution is 5.69. The first kappa shape index (κ1) is 59.9. The van der Waals surface area contributed by atoms with Gasteiger partial charge in [-0.05, 0) is 102 Å². The van der Waals surface area contributed by atoms with Crippen LogP contribution in [0.5, 0.6) is 0 Å². The third kappa shape index (κ3) is 39.7. The van der Waals surface area contributed by atoms with E-state index in [-0.39, 0.29) is 18.7 Å². The van der Waals surface area contributed by atoms with Gasteiger partial charge in [-0.25, -0.2) is 0 Å². The minimum absolute atomic E-state index is 0.0298. The van der Waals surface area contributed by atoms with Crippen LogP contribution in [0.1, 0.15) is 284 Å². The second-order valence-electron chi connectivity index (χ2n) is 20.0. The Bertz CT molecular complexity index is 959. The summed E-state index contributed by atoms with van der Waals surface area (Å²) < 4.78 is 17.7. The van der Waals surface area contributed by atoms with Crippen molar-refractivity contribution in [1.29, 1.82) is 0 Å². The van der Waals surface area contributed by atoms with E-state index in [2.05, 4.69) is 32.3 Å². The number of hydrogen-bond donors (Lipinski definition) is 1. The maximum atomic E-state index is 13.0. The number of aliphatic hydroxyl groups excluding tert-OH is 1. The van der Waals surface area contributed by atoms with Crippen molar-refractivity contribution >= 4 is 5.97 Å². The van der Waals surface area contributed by atoms with E-state index in [0.29, 0.717) is 6.42 Å². The molecule has 0 aromatic rings. The Hall–Kier alpha value is -1.11. The van der Waals surface area contributed by atoms with Gasteiger partial charge in [-0.15, -0.1) is 0 Å². The second kappa shape index (κ2) is 47.4. The van der Waals surface area contributed by atoms with E-state index >= 15 is 0 Å². The molecular formula is C57H111NO5. The number of allylic oxidation sites excluding steroid dienone is 1. The third-order valence-corrected chi connectivity index (χ3v) is 14.1. The van der Waals surface area contributed by atoms with Crippen LogP contribution in [0.15, 0.2) is 12.3 Å². The van der Waals surface area contributed by atoms with E-state index in [1.54, 1.807) is 0 Å². The van der Waals surface area contributed by atoms with Gasteiger partial charge in [0.1, 0.15) is 6.10 Å². The Kier molecular flexibility index (Phi) is 45.1. The summed E-state index contributed by atoms with van der Waals surface area (Å²) in [6, 6.07) is 0. The molecule has 0 saturated heterocycles. The van der Waals surface area contributed by atoms with E-state index in [1.807, 2.05) is 0 Å². The van der Waals surface area contributed by atoms with Crippen LogP contribution in [0.4, 0.5) is 0 Å². The molecule has 0 radical (unpaired) electrons. The lowest BCUT2D eigenvalue weighted by atomic mass is 9.69. The van der Waals surface area contributed by atoms with Crippen molar-refractivity contribution in [1.82, 2.24) is 4.90 Å². The van der Waals surface area contributed by atoms with Gasteiger partial charge in [0.2, 0.25) is 0 Å². The summed E-state index contributed by atoms with van der Waals surface area (Å²) in [6.07, 6.45) is 51.7. The van der Waals surface area contributed by atoms with E-state index in [4.69, 9.17) is 14.2 Å². The highest BCUT2D eigenvalue weighted by Gasteiger charge is 2.29. The summed E-state index contributed by atoms with van der Waals surface area (Å²) in [6.45, 7) is 16.5.